The lowest BCUT2D eigenvalue weighted by Gasteiger charge is -2.11. The van der Waals surface area contributed by atoms with E-state index in [0.29, 0.717) is 17.5 Å². The lowest BCUT2D eigenvalue weighted by molar-refractivity contribution is 1.07. The number of aromatic amines is 1. The molecular formula is C35H23N5. The fourth-order valence-electron chi connectivity index (χ4n) is 5.49. The van der Waals surface area contributed by atoms with E-state index in [1.165, 1.54) is 16.2 Å². The quantitative estimate of drug-likeness (QED) is 0.257. The van der Waals surface area contributed by atoms with E-state index in [0.717, 1.165) is 38.9 Å². The van der Waals surface area contributed by atoms with Crippen LogP contribution < -0.4 is 0 Å². The molecule has 0 unspecified atom stereocenters. The number of rotatable bonds is 4. The molecule has 0 aliphatic rings. The molecule has 0 bridgehead atoms. The van der Waals surface area contributed by atoms with Crippen LogP contribution in [0.5, 0.6) is 0 Å². The van der Waals surface area contributed by atoms with Crippen molar-refractivity contribution in [2.75, 3.05) is 0 Å². The first-order chi connectivity index (χ1) is 19.8. The van der Waals surface area contributed by atoms with Gasteiger partial charge < -0.3 is 9.55 Å². The number of aromatic nitrogens is 5. The number of hydrogen-bond acceptors (Lipinski definition) is 3. The Morgan fingerprint density at radius 2 is 1.12 bits per heavy atom. The molecule has 0 atom stereocenters. The first-order valence-electron chi connectivity index (χ1n) is 13.3. The summed E-state index contributed by atoms with van der Waals surface area (Å²) in [6, 6.07) is 43.6. The third-order valence-electron chi connectivity index (χ3n) is 7.41. The van der Waals surface area contributed by atoms with Crippen LogP contribution in [-0.2, 0) is 0 Å². The zero-order valence-corrected chi connectivity index (χ0v) is 21.5. The van der Waals surface area contributed by atoms with E-state index < -0.39 is 0 Å². The van der Waals surface area contributed by atoms with Gasteiger partial charge in [-0.15, -0.1) is 0 Å². The van der Waals surface area contributed by atoms with Gasteiger partial charge in [-0.05, 0) is 24.3 Å². The second-order valence-electron chi connectivity index (χ2n) is 9.87. The van der Waals surface area contributed by atoms with Crippen molar-refractivity contribution in [3.05, 3.63) is 134 Å². The summed E-state index contributed by atoms with van der Waals surface area (Å²) in [6.45, 7) is 0. The van der Waals surface area contributed by atoms with Crippen molar-refractivity contribution in [2.24, 2.45) is 0 Å². The molecule has 0 saturated carbocycles. The fourth-order valence-corrected chi connectivity index (χ4v) is 5.49. The fraction of sp³-hybridized carbons (Fsp3) is 0. The predicted octanol–water partition coefficient (Wildman–Crippen LogP) is 8.45. The summed E-state index contributed by atoms with van der Waals surface area (Å²) in [5.74, 6) is 1.95. The highest BCUT2D eigenvalue weighted by molar-refractivity contribution is 6.16. The molecule has 3 heterocycles. The maximum absolute atomic E-state index is 4.93. The summed E-state index contributed by atoms with van der Waals surface area (Å²) in [4.78, 5) is 18.3. The number of hydrogen-bond donors (Lipinski definition) is 1. The third kappa shape index (κ3) is 3.68. The Kier molecular flexibility index (Phi) is 5.07. The SMILES string of the molecule is c1ccc(-c2nc(-c3ccccc3)nc(-c3cccc(-n4ccc5ccc6c7ccccc7[nH]c6c54)c3)n2)cc1. The minimum Gasteiger partial charge on any atom is -0.353 e. The molecule has 0 saturated heterocycles. The van der Waals surface area contributed by atoms with Crippen molar-refractivity contribution >= 4 is 32.7 Å². The molecule has 0 aliphatic carbocycles. The van der Waals surface area contributed by atoms with Gasteiger partial charge in [-0.3, -0.25) is 0 Å². The summed E-state index contributed by atoms with van der Waals surface area (Å²) in [6.07, 6.45) is 2.13. The molecule has 0 radical (unpaired) electrons. The third-order valence-corrected chi connectivity index (χ3v) is 7.41. The molecule has 8 rings (SSSR count). The van der Waals surface area contributed by atoms with Crippen LogP contribution in [-0.4, -0.2) is 24.5 Å². The predicted molar refractivity (Wildman–Crippen MR) is 162 cm³/mol. The molecule has 5 aromatic carbocycles. The Morgan fingerprint density at radius 3 is 1.85 bits per heavy atom. The number of nitrogens with zero attached hydrogens (tertiary/aromatic N) is 4. The summed E-state index contributed by atoms with van der Waals surface area (Å²) in [7, 11) is 0. The van der Waals surface area contributed by atoms with Gasteiger partial charge in [0, 0.05) is 50.2 Å². The number of H-pyrrole nitrogens is 1. The van der Waals surface area contributed by atoms with Gasteiger partial charge in [-0.1, -0.05) is 103 Å². The Morgan fingerprint density at radius 1 is 0.500 bits per heavy atom. The van der Waals surface area contributed by atoms with Crippen LogP contribution in [0.2, 0.25) is 0 Å². The Labute approximate surface area is 230 Å². The largest absolute Gasteiger partial charge is 0.353 e. The van der Waals surface area contributed by atoms with Gasteiger partial charge in [0.1, 0.15) is 0 Å². The van der Waals surface area contributed by atoms with Crippen molar-refractivity contribution in [1.82, 2.24) is 24.5 Å². The highest BCUT2D eigenvalue weighted by Crippen LogP contribution is 2.34. The zero-order chi connectivity index (χ0) is 26.5. The smallest absolute Gasteiger partial charge is 0.164 e. The van der Waals surface area contributed by atoms with Gasteiger partial charge in [0.25, 0.3) is 0 Å². The zero-order valence-electron chi connectivity index (χ0n) is 21.5. The highest BCUT2D eigenvalue weighted by Gasteiger charge is 2.15. The molecule has 0 amide bonds. The minimum atomic E-state index is 0.641. The number of nitrogens with one attached hydrogen (secondary N) is 1. The Balaban J connectivity index is 1.31. The number of benzene rings is 5. The molecule has 0 fully saturated rings. The van der Waals surface area contributed by atoms with Crippen LogP contribution in [0.3, 0.4) is 0 Å². The molecule has 1 N–H and O–H groups in total. The number of fused-ring (bicyclic) bond motifs is 5. The van der Waals surface area contributed by atoms with Crippen molar-refractivity contribution in [1.29, 1.82) is 0 Å². The summed E-state index contributed by atoms with van der Waals surface area (Å²) in [5.41, 5.74) is 7.30. The Hall–Kier alpha value is -5.55. The Bertz CT molecular complexity index is 2100. The van der Waals surface area contributed by atoms with Gasteiger partial charge >= 0.3 is 0 Å². The van der Waals surface area contributed by atoms with E-state index in [-0.39, 0.29) is 0 Å². The molecule has 3 aromatic heterocycles. The monoisotopic (exact) mass is 513 g/mol. The van der Waals surface area contributed by atoms with E-state index in [4.69, 9.17) is 15.0 Å². The van der Waals surface area contributed by atoms with Gasteiger partial charge in [0.05, 0.1) is 11.0 Å². The molecular weight excluding hydrogens is 490 g/mol. The van der Waals surface area contributed by atoms with E-state index in [1.54, 1.807) is 0 Å². The molecule has 5 nitrogen and oxygen atoms in total. The maximum Gasteiger partial charge on any atom is 0.164 e. The lowest BCUT2D eigenvalue weighted by atomic mass is 10.1. The van der Waals surface area contributed by atoms with E-state index in [9.17, 15) is 0 Å². The van der Waals surface area contributed by atoms with Gasteiger partial charge in [-0.25, -0.2) is 15.0 Å². The van der Waals surface area contributed by atoms with E-state index in [1.807, 2.05) is 60.7 Å². The van der Waals surface area contributed by atoms with Crippen molar-refractivity contribution in [3.8, 4) is 39.9 Å². The van der Waals surface area contributed by atoms with Crippen LogP contribution >= 0.6 is 0 Å². The van der Waals surface area contributed by atoms with E-state index in [2.05, 4.69) is 82.5 Å². The van der Waals surface area contributed by atoms with Crippen LogP contribution in [0.1, 0.15) is 0 Å². The second-order valence-corrected chi connectivity index (χ2v) is 9.87. The average molecular weight is 514 g/mol. The molecule has 188 valence electrons. The van der Waals surface area contributed by atoms with Crippen LogP contribution in [0.15, 0.2) is 134 Å². The maximum atomic E-state index is 4.93. The normalized spacial score (nSPS) is 11.5. The van der Waals surface area contributed by atoms with Crippen molar-refractivity contribution < 1.29 is 0 Å². The first-order valence-corrected chi connectivity index (χ1v) is 13.3. The van der Waals surface area contributed by atoms with Gasteiger partial charge in [0.2, 0.25) is 0 Å². The average Bonchev–Trinajstić information content (AvgIpc) is 3.64. The molecule has 0 spiro atoms. The molecule has 5 heteroatoms. The second kappa shape index (κ2) is 9.03. The van der Waals surface area contributed by atoms with Crippen LogP contribution in [0.4, 0.5) is 0 Å². The molecule has 40 heavy (non-hydrogen) atoms. The van der Waals surface area contributed by atoms with Crippen LogP contribution in [0, 0.1) is 0 Å². The molecule has 0 aliphatic heterocycles. The lowest BCUT2D eigenvalue weighted by Crippen LogP contribution is -2.01. The highest BCUT2D eigenvalue weighted by atomic mass is 15.0. The standard InChI is InChI=1S/C35H23N5/c1-3-10-24(11-4-1)33-37-34(25-12-5-2-6-13-25)39-35(38-33)26-14-9-15-27(22-26)40-21-20-23-18-19-29-28-16-7-8-17-30(28)36-31(29)32(23)40/h1-22,36H. The van der Waals surface area contributed by atoms with Crippen molar-refractivity contribution in [3.63, 3.8) is 0 Å². The van der Waals surface area contributed by atoms with Gasteiger partial charge in [-0.2, -0.15) is 0 Å². The number of para-hydroxylation sites is 1. The van der Waals surface area contributed by atoms with Gasteiger partial charge in [0.15, 0.2) is 17.5 Å². The first kappa shape index (κ1) is 22.4. The summed E-state index contributed by atoms with van der Waals surface area (Å²) >= 11 is 0. The van der Waals surface area contributed by atoms with Crippen LogP contribution in [0.25, 0.3) is 72.6 Å². The van der Waals surface area contributed by atoms with E-state index >= 15 is 0 Å². The molecule has 8 aromatic rings. The summed E-state index contributed by atoms with van der Waals surface area (Å²) in [5, 5.41) is 3.63. The summed E-state index contributed by atoms with van der Waals surface area (Å²) < 4.78 is 2.24. The minimum absolute atomic E-state index is 0.641. The van der Waals surface area contributed by atoms with Crippen molar-refractivity contribution in [2.45, 2.75) is 0 Å². The topological polar surface area (TPSA) is 59.4 Å².